The normalized spacial score (nSPS) is 10.3. The lowest BCUT2D eigenvalue weighted by Gasteiger charge is -2.05. The lowest BCUT2D eigenvalue weighted by molar-refractivity contribution is -0.384. The van der Waals surface area contributed by atoms with Gasteiger partial charge in [-0.15, -0.1) is 11.3 Å². The van der Waals surface area contributed by atoms with E-state index in [1.807, 2.05) is 19.1 Å². The molecule has 0 spiro atoms. The summed E-state index contributed by atoms with van der Waals surface area (Å²) >= 11 is 1.60. The van der Waals surface area contributed by atoms with E-state index in [1.165, 1.54) is 10.9 Å². The average molecular weight is 266 g/mol. The topological polar surface area (TPSA) is 55.2 Å². The number of nitrogens with zero attached hydrogens (tertiary/aromatic N) is 1. The first-order valence-corrected chi connectivity index (χ1v) is 6.11. The Kier molecular flexibility index (Phi) is 3.57. The van der Waals surface area contributed by atoms with Crippen molar-refractivity contribution < 1.29 is 9.31 Å². The predicted molar refractivity (Wildman–Crippen MR) is 69.4 cm³/mol. The summed E-state index contributed by atoms with van der Waals surface area (Å²) < 4.78 is 13.5. The minimum Gasteiger partial charge on any atom is -0.378 e. The summed E-state index contributed by atoms with van der Waals surface area (Å²) in [6.45, 7) is 2.44. The van der Waals surface area contributed by atoms with Gasteiger partial charge in [0.05, 0.1) is 10.6 Å². The van der Waals surface area contributed by atoms with Crippen molar-refractivity contribution in [2.24, 2.45) is 0 Å². The highest BCUT2D eigenvalue weighted by Crippen LogP contribution is 2.23. The molecule has 0 saturated carbocycles. The molecule has 1 aromatic heterocycles. The molecule has 0 aliphatic carbocycles. The lowest BCUT2D eigenvalue weighted by atomic mass is 10.2. The fourth-order valence-corrected chi connectivity index (χ4v) is 2.35. The van der Waals surface area contributed by atoms with Crippen LogP contribution in [0.25, 0.3) is 0 Å². The molecule has 6 heteroatoms. The predicted octanol–water partition coefficient (Wildman–Crippen LogP) is 3.72. The number of hydrogen-bond donors (Lipinski definition) is 1. The van der Waals surface area contributed by atoms with Crippen molar-refractivity contribution in [1.82, 2.24) is 0 Å². The Bertz CT molecular complexity index is 583. The number of rotatable bonds is 4. The third-order valence-corrected chi connectivity index (χ3v) is 3.41. The minimum atomic E-state index is -0.542. The third kappa shape index (κ3) is 2.84. The Morgan fingerprint density at radius 2 is 2.17 bits per heavy atom. The number of nitro groups is 1. The molecule has 94 valence electrons. The highest BCUT2D eigenvalue weighted by atomic mass is 32.1. The van der Waals surface area contributed by atoms with Crippen LogP contribution in [0.3, 0.4) is 0 Å². The van der Waals surface area contributed by atoms with E-state index in [-0.39, 0.29) is 11.4 Å². The molecule has 1 N–H and O–H groups in total. The SMILES string of the molecule is Cc1ccc(CNc2cc([N+](=O)[O-])ccc2F)s1. The van der Waals surface area contributed by atoms with Crippen LogP contribution in [0.4, 0.5) is 15.8 Å². The number of halogens is 1. The summed E-state index contributed by atoms with van der Waals surface area (Å²) in [5, 5.41) is 13.5. The molecule has 0 unspecified atom stereocenters. The molecule has 1 aromatic carbocycles. The number of nitrogens with one attached hydrogen (secondary N) is 1. The Labute approximate surface area is 107 Å². The van der Waals surface area contributed by atoms with Gasteiger partial charge in [-0.05, 0) is 25.1 Å². The molecule has 0 amide bonds. The smallest absolute Gasteiger partial charge is 0.271 e. The van der Waals surface area contributed by atoms with Crippen LogP contribution in [-0.2, 0) is 6.54 Å². The van der Waals surface area contributed by atoms with Gasteiger partial charge in [-0.25, -0.2) is 4.39 Å². The van der Waals surface area contributed by atoms with Gasteiger partial charge in [0.25, 0.3) is 5.69 Å². The van der Waals surface area contributed by atoms with Crippen molar-refractivity contribution in [1.29, 1.82) is 0 Å². The fourth-order valence-electron chi connectivity index (χ4n) is 1.52. The molecule has 4 nitrogen and oxygen atoms in total. The van der Waals surface area contributed by atoms with Crippen molar-refractivity contribution in [3.05, 3.63) is 56.0 Å². The molecule has 0 aliphatic heterocycles. The van der Waals surface area contributed by atoms with Gasteiger partial charge in [0.15, 0.2) is 0 Å². The summed E-state index contributed by atoms with van der Waals surface area (Å²) in [6, 6.07) is 7.37. The summed E-state index contributed by atoms with van der Waals surface area (Å²) in [4.78, 5) is 12.3. The van der Waals surface area contributed by atoms with Gasteiger partial charge in [-0.2, -0.15) is 0 Å². The summed E-state index contributed by atoms with van der Waals surface area (Å²) in [6.07, 6.45) is 0. The average Bonchev–Trinajstić information content (AvgIpc) is 2.74. The van der Waals surface area contributed by atoms with Crippen molar-refractivity contribution in [2.45, 2.75) is 13.5 Å². The van der Waals surface area contributed by atoms with E-state index in [2.05, 4.69) is 5.32 Å². The maximum atomic E-state index is 13.5. The zero-order valence-electron chi connectivity index (χ0n) is 9.64. The van der Waals surface area contributed by atoms with Gasteiger partial charge in [0.1, 0.15) is 5.82 Å². The van der Waals surface area contributed by atoms with Gasteiger partial charge >= 0.3 is 0 Å². The molecule has 0 aliphatic rings. The minimum absolute atomic E-state index is 0.124. The number of hydrogen-bond acceptors (Lipinski definition) is 4. The first-order valence-electron chi connectivity index (χ1n) is 5.29. The highest BCUT2D eigenvalue weighted by Gasteiger charge is 2.10. The summed E-state index contributed by atoms with van der Waals surface area (Å²) in [5.41, 5.74) is 0.0245. The van der Waals surface area contributed by atoms with Crippen molar-refractivity contribution in [3.8, 4) is 0 Å². The van der Waals surface area contributed by atoms with Crippen LogP contribution in [0.2, 0.25) is 0 Å². The maximum absolute atomic E-state index is 13.5. The summed E-state index contributed by atoms with van der Waals surface area (Å²) in [7, 11) is 0. The van der Waals surface area contributed by atoms with E-state index < -0.39 is 10.7 Å². The Morgan fingerprint density at radius 3 is 2.78 bits per heavy atom. The monoisotopic (exact) mass is 266 g/mol. The van der Waals surface area contributed by atoms with E-state index in [0.29, 0.717) is 6.54 Å². The molecule has 2 rings (SSSR count). The van der Waals surface area contributed by atoms with E-state index in [0.717, 1.165) is 17.0 Å². The van der Waals surface area contributed by atoms with Gasteiger partial charge < -0.3 is 5.32 Å². The van der Waals surface area contributed by atoms with Crippen LogP contribution in [0.15, 0.2) is 30.3 Å². The summed E-state index contributed by atoms with van der Waals surface area (Å²) in [5.74, 6) is -0.492. The second-order valence-corrected chi connectivity index (χ2v) is 5.16. The molecule has 2 aromatic rings. The van der Waals surface area contributed by atoms with E-state index in [4.69, 9.17) is 0 Å². The Morgan fingerprint density at radius 1 is 1.39 bits per heavy atom. The van der Waals surface area contributed by atoms with Gasteiger partial charge in [-0.3, -0.25) is 10.1 Å². The molecular weight excluding hydrogens is 255 g/mol. The molecule has 0 atom stereocenters. The van der Waals surface area contributed by atoms with Crippen molar-refractivity contribution in [2.75, 3.05) is 5.32 Å². The Hall–Kier alpha value is -1.95. The van der Waals surface area contributed by atoms with Crippen LogP contribution >= 0.6 is 11.3 Å². The van der Waals surface area contributed by atoms with Gasteiger partial charge in [0.2, 0.25) is 0 Å². The maximum Gasteiger partial charge on any atom is 0.271 e. The highest BCUT2D eigenvalue weighted by molar-refractivity contribution is 7.11. The lowest BCUT2D eigenvalue weighted by Crippen LogP contribution is -2.01. The zero-order valence-corrected chi connectivity index (χ0v) is 10.5. The van der Waals surface area contributed by atoms with Crippen LogP contribution < -0.4 is 5.32 Å². The fraction of sp³-hybridized carbons (Fsp3) is 0.167. The molecule has 0 saturated heterocycles. The largest absolute Gasteiger partial charge is 0.378 e. The molecule has 18 heavy (non-hydrogen) atoms. The van der Waals surface area contributed by atoms with Crippen molar-refractivity contribution in [3.63, 3.8) is 0 Å². The number of nitro benzene ring substituents is 1. The molecule has 0 radical (unpaired) electrons. The number of benzene rings is 1. The number of non-ortho nitro benzene ring substituents is 1. The Balaban J connectivity index is 2.13. The van der Waals surface area contributed by atoms with E-state index in [9.17, 15) is 14.5 Å². The van der Waals surface area contributed by atoms with Crippen LogP contribution in [0, 0.1) is 22.9 Å². The number of thiophene rings is 1. The second-order valence-electron chi connectivity index (χ2n) is 3.79. The first kappa shape index (κ1) is 12.5. The van der Waals surface area contributed by atoms with Crippen LogP contribution in [0.1, 0.15) is 9.75 Å². The molecule has 0 bridgehead atoms. The molecule has 0 fully saturated rings. The van der Waals surface area contributed by atoms with Crippen LogP contribution in [0.5, 0.6) is 0 Å². The zero-order chi connectivity index (χ0) is 13.1. The third-order valence-electron chi connectivity index (χ3n) is 2.41. The van der Waals surface area contributed by atoms with E-state index in [1.54, 1.807) is 11.3 Å². The van der Waals surface area contributed by atoms with Gasteiger partial charge in [-0.1, -0.05) is 0 Å². The molecular formula is C12H11FN2O2S. The number of anilines is 1. The number of aryl methyl sites for hydroxylation is 1. The standard InChI is InChI=1S/C12H11FN2O2S/c1-8-2-4-10(18-8)7-14-12-6-9(15(16)17)3-5-11(12)13/h2-6,14H,7H2,1H3. The van der Waals surface area contributed by atoms with Crippen molar-refractivity contribution >= 4 is 22.7 Å². The first-order chi connectivity index (χ1) is 8.56. The second kappa shape index (κ2) is 5.14. The van der Waals surface area contributed by atoms with Gasteiger partial charge in [0, 0.05) is 28.4 Å². The quantitative estimate of drug-likeness (QED) is 0.678. The molecule has 1 heterocycles. The van der Waals surface area contributed by atoms with Crippen LogP contribution in [-0.4, -0.2) is 4.92 Å². The van der Waals surface area contributed by atoms with E-state index >= 15 is 0 Å².